The Hall–Kier alpha value is -1.80. The second-order valence-corrected chi connectivity index (χ2v) is 5.04. The molecule has 2 aromatic carbocycles. The molecule has 0 unspecified atom stereocenters. The zero-order chi connectivity index (χ0) is 13.1. The van der Waals surface area contributed by atoms with E-state index in [-0.39, 0.29) is 0 Å². The van der Waals surface area contributed by atoms with E-state index in [2.05, 4.69) is 52.4 Å². The van der Waals surface area contributed by atoms with E-state index in [1.54, 1.807) is 6.21 Å². The van der Waals surface area contributed by atoms with E-state index >= 15 is 0 Å². The van der Waals surface area contributed by atoms with Gasteiger partial charge in [0.05, 0.1) is 0 Å². The summed E-state index contributed by atoms with van der Waals surface area (Å²) in [6, 6.07) is 15.0. The highest BCUT2D eigenvalue weighted by Gasteiger charge is 2.08. The molecule has 0 amide bonds. The van der Waals surface area contributed by atoms with Gasteiger partial charge in [0.25, 0.3) is 0 Å². The van der Waals surface area contributed by atoms with Crippen LogP contribution in [-0.4, -0.2) is 24.3 Å². The third kappa shape index (κ3) is 2.79. The predicted molar refractivity (Wildman–Crippen MR) is 81.7 cm³/mol. The molecule has 0 N–H and O–H groups in total. The van der Waals surface area contributed by atoms with Crippen molar-refractivity contribution in [3.8, 4) is 0 Å². The van der Waals surface area contributed by atoms with Gasteiger partial charge in [0.1, 0.15) is 11.8 Å². The Morgan fingerprint density at radius 3 is 2.79 bits per heavy atom. The lowest BCUT2D eigenvalue weighted by atomic mass is 10.1. The summed E-state index contributed by atoms with van der Waals surface area (Å²) in [5.74, 6) is 0. The third-order valence-corrected chi connectivity index (χ3v) is 3.72. The highest BCUT2D eigenvalue weighted by Crippen LogP contribution is 2.18. The molecule has 0 saturated carbocycles. The van der Waals surface area contributed by atoms with Crippen molar-refractivity contribution in [3.63, 3.8) is 0 Å². The van der Waals surface area contributed by atoms with Crippen molar-refractivity contribution in [2.45, 2.75) is 6.42 Å². The number of aliphatic imine (C=N–C) groups is 1. The first-order valence-electron chi connectivity index (χ1n) is 6.41. The number of nitrogens with zero attached hydrogens (tertiary/aromatic N) is 2. The maximum Gasteiger partial charge on any atom is 0.110 e. The fraction of sp³-hybridized carbons (Fsp3) is 0.188. The summed E-state index contributed by atoms with van der Waals surface area (Å²) in [7, 11) is 0. The summed E-state index contributed by atoms with van der Waals surface area (Å²) in [6.07, 6.45) is 4.57. The van der Waals surface area contributed by atoms with E-state index in [1.807, 2.05) is 6.08 Å². The molecule has 3 heteroatoms. The first-order valence-corrected chi connectivity index (χ1v) is 6.79. The lowest BCUT2D eigenvalue weighted by Gasteiger charge is -2.23. The molecule has 0 bridgehead atoms. The quantitative estimate of drug-likeness (QED) is 0.775. The highest BCUT2D eigenvalue weighted by molar-refractivity contribution is 6.30. The Morgan fingerprint density at radius 2 is 1.95 bits per heavy atom. The average Bonchev–Trinajstić information content (AvgIpc) is 2.46. The fourth-order valence-corrected chi connectivity index (χ4v) is 2.46. The second kappa shape index (κ2) is 5.45. The van der Waals surface area contributed by atoms with Crippen LogP contribution in [0.2, 0.25) is 0 Å². The summed E-state index contributed by atoms with van der Waals surface area (Å²) in [5, 5.41) is 3.35. The van der Waals surface area contributed by atoms with Gasteiger partial charge in [0, 0.05) is 12.8 Å². The van der Waals surface area contributed by atoms with Crippen molar-refractivity contribution in [2.24, 2.45) is 4.99 Å². The number of halogens is 1. The molecule has 3 rings (SSSR count). The van der Waals surface area contributed by atoms with Crippen LogP contribution in [0.3, 0.4) is 0 Å². The van der Waals surface area contributed by atoms with Crippen LogP contribution >= 0.6 is 11.6 Å². The lowest BCUT2D eigenvalue weighted by Crippen LogP contribution is -2.25. The summed E-state index contributed by atoms with van der Waals surface area (Å²) in [4.78, 5) is 6.29. The summed E-state index contributed by atoms with van der Waals surface area (Å²) < 4.78 is 0. The van der Waals surface area contributed by atoms with Gasteiger partial charge in [-0.15, -0.1) is 0 Å². The Balaban J connectivity index is 1.72. The van der Waals surface area contributed by atoms with Crippen molar-refractivity contribution in [3.05, 3.63) is 59.3 Å². The van der Waals surface area contributed by atoms with Crippen molar-refractivity contribution >= 4 is 28.6 Å². The summed E-state index contributed by atoms with van der Waals surface area (Å²) >= 11 is 6.14. The van der Waals surface area contributed by atoms with Crippen LogP contribution in [0.5, 0.6) is 0 Å². The van der Waals surface area contributed by atoms with Gasteiger partial charge < -0.3 is 4.90 Å². The molecule has 96 valence electrons. The number of allylic oxidation sites excluding steroid dienone is 1. The van der Waals surface area contributed by atoms with Gasteiger partial charge in [0.15, 0.2) is 0 Å². The smallest absolute Gasteiger partial charge is 0.110 e. The van der Waals surface area contributed by atoms with Crippen LogP contribution in [0, 0.1) is 0 Å². The maximum atomic E-state index is 6.14. The monoisotopic (exact) mass is 270 g/mol. The number of benzene rings is 2. The predicted octanol–water partition coefficient (Wildman–Crippen LogP) is 3.81. The van der Waals surface area contributed by atoms with Crippen LogP contribution in [-0.2, 0) is 6.42 Å². The Morgan fingerprint density at radius 1 is 1.11 bits per heavy atom. The Kier molecular flexibility index (Phi) is 3.51. The zero-order valence-electron chi connectivity index (χ0n) is 10.6. The van der Waals surface area contributed by atoms with E-state index in [9.17, 15) is 0 Å². The van der Waals surface area contributed by atoms with Crippen LogP contribution in [0.4, 0.5) is 0 Å². The number of fused-ring (bicyclic) bond motifs is 1. The van der Waals surface area contributed by atoms with E-state index in [0.717, 1.165) is 18.1 Å². The highest BCUT2D eigenvalue weighted by atomic mass is 35.5. The van der Waals surface area contributed by atoms with Crippen LogP contribution < -0.4 is 0 Å². The third-order valence-electron chi connectivity index (χ3n) is 3.36. The van der Waals surface area contributed by atoms with Crippen molar-refractivity contribution < 1.29 is 0 Å². The van der Waals surface area contributed by atoms with Gasteiger partial charge in [-0.1, -0.05) is 54.1 Å². The van der Waals surface area contributed by atoms with Crippen LogP contribution in [0.1, 0.15) is 5.56 Å². The Bertz CT molecular complexity index is 646. The molecule has 2 nitrogen and oxygen atoms in total. The molecule has 0 fully saturated rings. The number of hydrogen-bond donors (Lipinski definition) is 0. The van der Waals surface area contributed by atoms with E-state index in [4.69, 9.17) is 11.6 Å². The molecule has 1 aliphatic rings. The molecule has 1 aliphatic heterocycles. The van der Waals surface area contributed by atoms with Gasteiger partial charge in [0.2, 0.25) is 0 Å². The van der Waals surface area contributed by atoms with Gasteiger partial charge in [-0.3, -0.25) is 4.99 Å². The van der Waals surface area contributed by atoms with Gasteiger partial charge >= 0.3 is 0 Å². The molecule has 0 aromatic heterocycles. The topological polar surface area (TPSA) is 15.6 Å². The van der Waals surface area contributed by atoms with Crippen molar-refractivity contribution in [1.29, 1.82) is 0 Å². The zero-order valence-corrected chi connectivity index (χ0v) is 11.3. The molecule has 0 saturated heterocycles. The molecule has 0 spiro atoms. The first kappa shape index (κ1) is 12.2. The molecule has 0 radical (unpaired) electrons. The largest absolute Gasteiger partial charge is 0.343 e. The van der Waals surface area contributed by atoms with Crippen LogP contribution in [0.25, 0.3) is 10.8 Å². The number of hydrogen-bond acceptors (Lipinski definition) is 2. The minimum Gasteiger partial charge on any atom is -0.343 e. The van der Waals surface area contributed by atoms with Crippen LogP contribution in [0.15, 0.2) is 58.7 Å². The maximum absolute atomic E-state index is 6.14. The lowest BCUT2D eigenvalue weighted by molar-refractivity contribution is 0.379. The van der Waals surface area contributed by atoms with Crippen molar-refractivity contribution in [1.82, 2.24) is 4.90 Å². The Labute approximate surface area is 118 Å². The minimum absolute atomic E-state index is 0.656. The molecule has 0 atom stereocenters. The van der Waals surface area contributed by atoms with E-state index in [1.165, 1.54) is 16.3 Å². The standard InChI is InChI=1S/C16H15ClN2/c17-16-7-9-18-12-19(16)10-8-13-5-6-14-3-1-2-4-15(14)11-13/h1-7,9,11H,8,10,12H2. The van der Waals surface area contributed by atoms with E-state index < -0.39 is 0 Å². The average molecular weight is 271 g/mol. The van der Waals surface area contributed by atoms with Crippen molar-refractivity contribution in [2.75, 3.05) is 13.2 Å². The second-order valence-electron chi connectivity index (χ2n) is 4.66. The SMILES string of the molecule is ClC1=CC=NCN1CCc1ccc2ccccc2c1. The molecular formula is C16H15ClN2. The van der Waals surface area contributed by atoms with Gasteiger partial charge in [-0.05, 0) is 28.8 Å². The number of rotatable bonds is 3. The molecule has 0 aliphatic carbocycles. The van der Waals surface area contributed by atoms with Gasteiger partial charge in [-0.2, -0.15) is 0 Å². The minimum atomic E-state index is 0.656. The molecule has 2 aromatic rings. The molecule has 1 heterocycles. The summed E-state index contributed by atoms with van der Waals surface area (Å²) in [5.41, 5.74) is 1.33. The summed E-state index contributed by atoms with van der Waals surface area (Å²) in [6.45, 7) is 1.55. The van der Waals surface area contributed by atoms with E-state index in [0.29, 0.717) is 6.67 Å². The normalized spacial score (nSPS) is 14.8. The molecule has 19 heavy (non-hydrogen) atoms. The fourth-order valence-electron chi connectivity index (χ4n) is 2.27. The van der Waals surface area contributed by atoms with Gasteiger partial charge in [-0.25, -0.2) is 0 Å². The molecular weight excluding hydrogens is 256 g/mol. The first-order chi connectivity index (χ1) is 9.33.